The van der Waals surface area contributed by atoms with Gasteiger partial charge in [-0.1, -0.05) is 42.5 Å². The first-order valence-corrected chi connectivity index (χ1v) is 7.56. The lowest BCUT2D eigenvalue weighted by molar-refractivity contribution is -0.141. The minimum atomic E-state index is -0.912. The van der Waals surface area contributed by atoms with Gasteiger partial charge < -0.3 is 15.2 Å². The second-order valence-electron chi connectivity index (χ2n) is 5.47. The van der Waals surface area contributed by atoms with Crippen molar-refractivity contribution in [3.05, 3.63) is 48.0 Å². The predicted octanol–water partition coefficient (Wildman–Crippen LogP) is 2.24. The third-order valence-electron chi connectivity index (χ3n) is 3.72. The lowest BCUT2D eigenvalue weighted by Crippen LogP contribution is -2.34. The summed E-state index contributed by atoms with van der Waals surface area (Å²) in [5, 5.41) is 14.2. The average molecular weight is 315 g/mol. The molecule has 1 unspecified atom stereocenters. The lowest BCUT2D eigenvalue weighted by atomic mass is 9.97. The van der Waals surface area contributed by atoms with Gasteiger partial charge >= 0.3 is 5.97 Å². The van der Waals surface area contributed by atoms with Crippen molar-refractivity contribution in [3.63, 3.8) is 0 Å². The van der Waals surface area contributed by atoms with Crippen LogP contribution in [0.3, 0.4) is 0 Å². The van der Waals surface area contributed by atoms with E-state index >= 15 is 0 Å². The number of carboxylic acids is 1. The molecular formula is C18H21NO4. The van der Waals surface area contributed by atoms with Crippen molar-refractivity contribution < 1.29 is 19.4 Å². The number of methoxy groups -OCH3 is 1. The minimum absolute atomic E-state index is 0.116. The highest BCUT2D eigenvalue weighted by Crippen LogP contribution is 2.18. The van der Waals surface area contributed by atoms with Gasteiger partial charge in [0.05, 0.1) is 12.5 Å². The van der Waals surface area contributed by atoms with E-state index in [0.29, 0.717) is 13.0 Å². The molecule has 2 aromatic carbocycles. The number of fused-ring (bicyclic) bond motifs is 1. The van der Waals surface area contributed by atoms with Crippen LogP contribution in [0.5, 0.6) is 0 Å². The van der Waals surface area contributed by atoms with E-state index in [1.54, 1.807) is 0 Å². The van der Waals surface area contributed by atoms with Gasteiger partial charge in [-0.05, 0) is 22.8 Å². The quantitative estimate of drug-likeness (QED) is 0.783. The third kappa shape index (κ3) is 5.07. The van der Waals surface area contributed by atoms with Crippen LogP contribution in [0.15, 0.2) is 42.5 Å². The summed E-state index contributed by atoms with van der Waals surface area (Å²) in [6.07, 6.45) is 0.615. The molecule has 0 spiro atoms. The third-order valence-corrected chi connectivity index (χ3v) is 3.72. The van der Waals surface area contributed by atoms with E-state index in [2.05, 4.69) is 5.32 Å². The maximum absolute atomic E-state index is 11.6. The number of carboxylic acid groups (broad SMARTS) is 1. The summed E-state index contributed by atoms with van der Waals surface area (Å²) in [6, 6.07) is 13.9. The highest BCUT2D eigenvalue weighted by molar-refractivity contribution is 5.83. The minimum Gasteiger partial charge on any atom is -0.481 e. The molecule has 0 aliphatic rings. The summed E-state index contributed by atoms with van der Waals surface area (Å²) in [6.45, 7) is 0.443. The van der Waals surface area contributed by atoms with Crippen LogP contribution in [0.4, 0.5) is 0 Å². The topological polar surface area (TPSA) is 75.6 Å². The number of aliphatic carboxylic acids is 1. The van der Waals surface area contributed by atoms with E-state index < -0.39 is 11.9 Å². The van der Waals surface area contributed by atoms with Crippen LogP contribution in [0, 0.1) is 5.92 Å². The van der Waals surface area contributed by atoms with Crippen LogP contribution in [0.2, 0.25) is 0 Å². The summed E-state index contributed by atoms with van der Waals surface area (Å²) in [5.74, 6) is -1.76. The number of hydrogen-bond acceptors (Lipinski definition) is 3. The Morgan fingerprint density at radius 2 is 1.91 bits per heavy atom. The van der Waals surface area contributed by atoms with Gasteiger partial charge in [0.25, 0.3) is 0 Å². The molecular weight excluding hydrogens is 294 g/mol. The zero-order valence-corrected chi connectivity index (χ0v) is 13.1. The number of ether oxygens (including phenoxy) is 1. The van der Waals surface area contributed by atoms with E-state index in [1.807, 2.05) is 42.5 Å². The van der Waals surface area contributed by atoms with E-state index in [9.17, 15) is 14.7 Å². The van der Waals surface area contributed by atoms with E-state index in [0.717, 1.165) is 16.3 Å². The van der Waals surface area contributed by atoms with Crippen molar-refractivity contribution in [2.75, 3.05) is 20.3 Å². The number of benzene rings is 2. The molecule has 122 valence electrons. The van der Waals surface area contributed by atoms with E-state index in [1.165, 1.54) is 7.11 Å². The van der Waals surface area contributed by atoms with Gasteiger partial charge in [-0.2, -0.15) is 0 Å². The molecule has 0 saturated carbocycles. The highest BCUT2D eigenvalue weighted by Gasteiger charge is 2.19. The first-order valence-electron chi connectivity index (χ1n) is 7.56. The number of amides is 1. The molecule has 0 heterocycles. The molecule has 2 N–H and O–H groups in total. The van der Waals surface area contributed by atoms with Gasteiger partial charge in [0.2, 0.25) is 5.91 Å². The van der Waals surface area contributed by atoms with E-state index in [-0.39, 0.29) is 18.9 Å². The Balaban J connectivity index is 2.00. The molecule has 0 radical (unpaired) electrons. The number of nitrogens with one attached hydrogen (secondary N) is 1. The van der Waals surface area contributed by atoms with Crippen LogP contribution in [0.25, 0.3) is 10.8 Å². The Bertz CT molecular complexity index is 684. The monoisotopic (exact) mass is 315 g/mol. The number of carbonyl (C=O) groups is 2. The van der Waals surface area contributed by atoms with Crippen LogP contribution < -0.4 is 5.32 Å². The molecule has 0 aliphatic carbocycles. The fraction of sp³-hybridized carbons (Fsp3) is 0.333. The molecule has 1 amide bonds. The Morgan fingerprint density at radius 3 is 2.61 bits per heavy atom. The Labute approximate surface area is 135 Å². The van der Waals surface area contributed by atoms with Crippen molar-refractivity contribution in [2.24, 2.45) is 5.92 Å². The van der Waals surface area contributed by atoms with Crippen LogP contribution in [-0.4, -0.2) is 37.2 Å². The smallest absolute Gasteiger partial charge is 0.308 e. The van der Waals surface area contributed by atoms with Gasteiger partial charge in [0.15, 0.2) is 0 Å². The zero-order chi connectivity index (χ0) is 16.7. The second kappa shape index (κ2) is 8.29. The molecule has 0 bridgehead atoms. The summed E-state index contributed by atoms with van der Waals surface area (Å²) >= 11 is 0. The molecule has 2 aromatic rings. The summed E-state index contributed by atoms with van der Waals surface area (Å²) in [7, 11) is 1.52. The van der Waals surface area contributed by atoms with Crippen molar-refractivity contribution >= 4 is 22.6 Å². The molecule has 0 fully saturated rings. The normalized spacial score (nSPS) is 12.0. The summed E-state index contributed by atoms with van der Waals surface area (Å²) in [5.41, 5.74) is 0.947. The van der Waals surface area contributed by atoms with E-state index in [4.69, 9.17) is 4.74 Å². The van der Waals surface area contributed by atoms with Crippen molar-refractivity contribution in [1.82, 2.24) is 5.32 Å². The Hall–Kier alpha value is -2.40. The number of hydrogen-bond donors (Lipinski definition) is 2. The maximum Gasteiger partial charge on any atom is 0.308 e. The Morgan fingerprint density at radius 1 is 1.17 bits per heavy atom. The summed E-state index contributed by atoms with van der Waals surface area (Å²) < 4.78 is 4.83. The molecule has 1 atom stereocenters. The first kappa shape index (κ1) is 17.0. The average Bonchev–Trinajstić information content (AvgIpc) is 2.56. The standard InChI is InChI=1S/C18H21NO4/c1-23-9-8-17(20)19-12-16(18(21)22)11-13-6-7-14-4-2-3-5-15(14)10-13/h2-7,10,16H,8-9,11-12H2,1H3,(H,19,20)(H,21,22). The largest absolute Gasteiger partial charge is 0.481 e. The molecule has 23 heavy (non-hydrogen) atoms. The fourth-order valence-corrected chi connectivity index (χ4v) is 2.42. The molecule has 5 heteroatoms. The van der Waals surface area contributed by atoms with Crippen molar-refractivity contribution in [3.8, 4) is 0 Å². The van der Waals surface area contributed by atoms with Gasteiger partial charge in [0, 0.05) is 20.1 Å². The molecule has 2 rings (SSSR count). The number of carbonyl (C=O) groups excluding carboxylic acids is 1. The van der Waals surface area contributed by atoms with Gasteiger partial charge in [-0.15, -0.1) is 0 Å². The van der Waals surface area contributed by atoms with Gasteiger partial charge in [0.1, 0.15) is 0 Å². The maximum atomic E-state index is 11.6. The van der Waals surface area contributed by atoms with Crippen LogP contribution in [-0.2, 0) is 20.7 Å². The second-order valence-corrected chi connectivity index (χ2v) is 5.47. The Kier molecular flexibility index (Phi) is 6.11. The molecule has 0 aliphatic heterocycles. The molecule has 0 aromatic heterocycles. The SMILES string of the molecule is COCCC(=O)NCC(Cc1ccc2ccccc2c1)C(=O)O. The van der Waals surface area contributed by atoms with Crippen molar-refractivity contribution in [1.29, 1.82) is 0 Å². The predicted molar refractivity (Wildman–Crippen MR) is 88.3 cm³/mol. The fourth-order valence-electron chi connectivity index (χ4n) is 2.42. The van der Waals surface area contributed by atoms with Crippen molar-refractivity contribution in [2.45, 2.75) is 12.8 Å². The zero-order valence-electron chi connectivity index (χ0n) is 13.1. The number of rotatable bonds is 8. The summed E-state index contributed by atoms with van der Waals surface area (Å²) in [4.78, 5) is 23.0. The highest BCUT2D eigenvalue weighted by atomic mass is 16.5. The van der Waals surface area contributed by atoms with Crippen LogP contribution in [0.1, 0.15) is 12.0 Å². The molecule has 0 saturated heterocycles. The van der Waals surface area contributed by atoms with Gasteiger partial charge in [-0.25, -0.2) is 0 Å². The van der Waals surface area contributed by atoms with Crippen LogP contribution >= 0.6 is 0 Å². The molecule has 5 nitrogen and oxygen atoms in total. The lowest BCUT2D eigenvalue weighted by Gasteiger charge is -2.14. The van der Waals surface area contributed by atoms with Gasteiger partial charge in [-0.3, -0.25) is 9.59 Å². The first-order chi connectivity index (χ1) is 11.1.